The Morgan fingerprint density at radius 1 is 0.620 bits per heavy atom. The monoisotopic (exact) mass is 696 g/mol. The second-order valence-electron chi connectivity index (χ2n) is 10.8. The van der Waals surface area contributed by atoms with Crippen LogP contribution in [0.15, 0.2) is 72.8 Å². The number of aliphatic carboxylic acids is 1. The van der Waals surface area contributed by atoms with Gasteiger partial charge in [0.2, 0.25) is 0 Å². The van der Waals surface area contributed by atoms with E-state index in [0.717, 1.165) is 30.0 Å². The minimum Gasteiger partial charge on any atom is -0.504 e. The number of carbonyl (C=O) groups is 2. The third-order valence-electron chi connectivity index (χ3n) is 7.01. The van der Waals surface area contributed by atoms with Crippen LogP contribution in [0.25, 0.3) is 0 Å². The number of phenolic OH excluding ortho intramolecular Hbond substituents is 2. The number of phenols is 2. The Morgan fingerprint density at radius 3 is 1.44 bits per heavy atom. The topological polar surface area (TPSA) is 141 Å². The lowest BCUT2D eigenvalue weighted by atomic mass is 10.1. The van der Waals surface area contributed by atoms with Gasteiger partial charge in [-0.15, -0.1) is 0 Å². The van der Waals surface area contributed by atoms with E-state index in [9.17, 15) is 28.6 Å². The van der Waals surface area contributed by atoms with E-state index in [1.165, 1.54) is 24.3 Å². The molecule has 0 saturated heterocycles. The van der Waals surface area contributed by atoms with Crippen LogP contribution in [0.3, 0.4) is 0 Å². The van der Waals surface area contributed by atoms with Crippen LogP contribution in [0.5, 0.6) is 46.0 Å². The molecular weight excluding hydrogens is 654 g/mol. The lowest BCUT2D eigenvalue weighted by Gasteiger charge is -2.11. The van der Waals surface area contributed by atoms with E-state index in [2.05, 4.69) is 0 Å². The van der Waals surface area contributed by atoms with Crippen molar-refractivity contribution in [1.82, 2.24) is 0 Å². The summed E-state index contributed by atoms with van der Waals surface area (Å²) in [5, 5.41) is 28.4. The van der Waals surface area contributed by atoms with E-state index in [1.807, 2.05) is 19.9 Å². The van der Waals surface area contributed by atoms with Crippen LogP contribution in [-0.2, 0) is 27.2 Å². The molecule has 4 aromatic rings. The number of esters is 1. The molecule has 12 heteroatoms. The van der Waals surface area contributed by atoms with Gasteiger partial charge in [0, 0.05) is 25.0 Å². The van der Waals surface area contributed by atoms with Crippen LogP contribution in [0.4, 0.5) is 8.78 Å². The summed E-state index contributed by atoms with van der Waals surface area (Å²) < 4.78 is 54.6. The van der Waals surface area contributed by atoms with Crippen molar-refractivity contribution in [3.8, 4) is 46.0 Å². The highest BCUT2D eigenvalue weighted by molar-refractivity contribution is 5.69. The van der Waals surface area contributed by atoms with Crippen LogP contribution in [-0.4, -0.2) is 47.1 Å². The summed E-state index contributed by atoms with van der Waals surface area (Å²) in [6, 6.07) is 18.3. The van der Waals surface area contributed by atoms with Gasteiger partial charge in [-0.25, -0.2) is 8.78 Å². The Balaban J connectivity index is 0.000000271. The van der Waals surface area contributed by atoms with Gasteiger partial charge in [-0.05, 0) is 92.3 Å². The molecule has 0 radical (unpaired) electrons. The first kappa shape index (κ1) is 38.9. The largest absolute Gasteiger partial charge is 0.504 e. The fraction of sp³-hybridized carbons (Fsp3) is 0.316. The molecule has 0 heterocycles. The van der Waals surface area contributed by atoms with Crippen molar-refractivity contribution < 1.29 is 57.4 Å². The number of halogens is 2. The molecule has 0 fully saturated rings. The zero-order chi connectivity index (χ0) is 36.5. The van der Waals surface area contributed by atoms with E-state index in [-0.39, 0.29) is 72.3 Å². The molecule has 268 valence electrons. The number of hydrogen-bond acceptors (Lipinski definition) is 9. The molecule has 10 nitrogen and oxygen atoms in total. The van der Waals surface area contributed by atoms with E-state index in [4.69, 9.17) is 28.8 Å². The molecule has 4 rings (SSSR count). The third-order valence-corrected chi connectivity index (χ3v) is 7.01. The SMILES string of the molecule is CCOC(=O)CCCOc1ccc(Oc2ccc(CC)cc2O)c(F)c1.CCc1ccc(Oc2ccc(OCCCC(=O)O)cc2F)c(O)c1. The number of hydrogen-bond donors (Lipinski definition) is 3. The Bertz CT molecular complexity index is 1710. The van der Waals surface area contributed by atoms with E-state index < -0.39 is 17.6 Å². The molecule has 0 saturated carbocycles. The Hall–Kier alpha value is -5.52. The summed E-state index contributed by atoms with van der Waals surface area (Å²) in [7, 11) is 0. The maximum atomic E-state index is 14.2. The lowest BCUT2D eigenvalue weighted by molar-refractivity contribution is -0.143. The molecule has 0 aromatic heterocycles. The second kappa shape index (κ2) is 20.1. The molecule has 0 unspecified atom stereocenters. The molecule has 50 heavy (non-hydrogen) atoms. The standard InChI is InChI=1S/C20H23FO5.C18H19FO5/c1-3-14-7-9-19(17(22)12-14)26-18-10-8-15(13-16(18)21)25-11-5-6-20(23)24-4-2;1-2-12-5-7-17(15(20)10-12)24-16-8-6-13(11-14(16)19)23-9-3-4-18(21)22/h7-10,12-13,22H,3-6,11H2,1-2H3;5-8,10-11,20H,2-4,9H2,1H3,(H,21,22). The molecule has 0 aliphatic heterocycles. The normalized spacial score (nSPS) is 10.4. The van der Waals surface area contributed by atoms with Crippen molar-refractivity contribution in [3.63, 3.8) is 0 Å². The Morgan fingerprint density at radius 2 is 1.06 bits per heavy atom. The van der Waals surface area contributed by atoms with Crippen LogP contribution in [0.1, 0.15) is 57.6 Å². The molecule has 0 atom stereocenters. The highest BCUT2D eigenvalue weighted by Crippen LogP contribution is 2.35. The van der Waals surface area contributed by atoms with Gasteiger partial charge in [0.05, 0.1) is 19.8 Å². The summed E-state index contributed by atoms with van der Waals surface area (Å²) in [5.74, 6) is -1.58. The first-order valence-corrected chi connectivity index (χ1v) is 16.2. The van der Waals surface area contributed by atoms with Gasteiger partial charge in [-0.1, -0.05) is 26.0 Å². The van der Waals surface area contributed by atoms with Gasteiger partial charge >= 0.3 is 11.9 Å². The van der Waals surface area contributed by atoms with Crippen LogP contribution < -0.4 is 18.9 Å². The number of carboxylic acid groups (broad SMARTS) is 1. The highest BCUT2D eigenvalue weighted by Gasteiger charge is 2.12. The molecule has 0 spiro atoms. The number of rotatable bonds is 17. The number of benzene rings is 4. The van der Waals surface area contributed by atoms with Crippen molar-refractivity contribution >= 4 is 11.9 Å². The van der Waals surface area contributed by atoms with Gasteiger partial charge in [0.15, 0.2) is 46.1 Å². The quantitative estimate of drug-likeness (QED) is 0.0725. The Labute approximate surface area is 289 Å². The minimum atomic E-state index is -0.901. The molecular formula is C38H42F2O10. The predicted octanol–water partition coefficient (Wildman–Crippen LogP) is 8.74. The minimum absolute atomic E-state index is 0.00326. The molecule has 0 bridgehead atoms. The van der Waals surface area contributed by atoms with Gasteiger partial charge in [-0.3, -0.25) is 9.59 Å². The predicted molar refractivity (Wildman–Crippen MR) is 182 cm³/mol. The molecule has 0 aliphatic rings. The average Bonchev–Trinajstić information content (AvgIpc) is 3.09. The molecule has 0 aliphatic carbocycles. The maximum absolute atomic E-state index is 14.2. The van der Waals surface area contributed by atoms with Crippen molar-refractivity contribution in [3.05, 3.63) is 95.6 Å². The van der Waals surface area contributed by atoms with Gasteiger partial charge < -0.3 is 39.0 Å². The lowest BCUT2D eigenvalue weighted by Crippen LogP contribution is -2.06. The molecule has 4 aromatic carbocycles. The van der Waals surface area contributed by atoms with E-state index in [1.54, 1.807) is 43.3 Å². The fourth-order valence-corrected chi connectivity index (χ4v) is 4.34. The van der Waals surface area contributed by atoms with Crippen molar-refractivity contribution in [1.29, 1.82) is 0 Å². The summed E-state index contributed by atoms with van der Waals surface area (Å²) in [4.78, 5) is 21.6. The number of ether oxygens (including phenoxy) is 5. The van der Waals surface area contributed by atoms with Gasteiger partial charge in [0.25, 0.3) is 0 Å². The van der Waals surface area contributed by atoms with Crippen LogP contribution in [0.2, 0.25) is 0 Å². The van der Waals surface area contributed by atoms with E-state index >= 15 is 0 Å². The molecule has 0 amide bonds. The molecule has 3 N–H and O–H groups in total. The number of carboxylic acids is 1. The summed E-state index contributed by atoms with van der Waals surface area (Å²) in [6.45, 7) is 6.50. The van der Waals surface area contributed by atoms with E-state index in [0.29, 0.717) is 25.2 Å². The van der Waals surface area contributed by atoms with Gasteiger partial charge in [-0.2, -0.15) is 0 Å². The number of carbonyl (C=O) groups excluding carboxylic acids is 1. The van der Waals surface area contributed by atoms with Crippen LogP contribution >= 0.6 is 0 Å². The number of aromatic hydroxyl groups is 2. The third kappa shape index (κ3) is 12.8. The first-order chi connectivity index (χ1) is 24.0. The number of aryl methyl sites for hydroxylation is 2. The Kier molecular flexibility index (Phi) is 15.6. The van der Waals surface area contributed by atoms with Crippen LogP contribution in [0, 0.1) is 11.6 Å². The zero-order valence-electron chi connectivity index (χ0n) is 28.2. The van der Waals surface area contributed by atoms with Gasteiger partial charge in [0.1, 0.15) is 11.5 Å². The maximum Gasteiger partial charge on any atom is 0.305 e. The highest BCUT2D eigenvalue weighted by atomic mass is 19.1. The fourth-order valence-electron chi connectivity index (χ4n) is 4.34. The zero-order valence-corrected chi connectivity index (χ0v) is 28.2. The first-order valence-electron chi connectivity index (χ1n) is 16.2. The average molecular weight is 697 g/mol. The van der Waals surface area contributed by atoms with Crippen molar-refractivity contribution in [2.75, 3.05) is 19.8 Å². The van der Waals surface area contributed by atoms with Crippen molar-refractivity contribution in [2.45, 2.75) is 59.3 Å². The summed E-state index contributed by atoms with van der Waals surface area (Å²) in [6.07, 6.45) is 2.63. The summed E-state index contributed by atoms with van der Waals surface area (Å²) >= 11 is 0. The van der Waals surface area contributed by atoms with Crippen molar-refractivity contribution in [2.24, 2.45) is 0 Å². The smallest absolute Gasteiger partial charge is 0.305 e. The summed E-state index contributed by atoms with van der Waals surface area (Å²) in [5.41, 5.74) is 1.91. The second-order valence-corrected chi connectivity index (χ2v) is 10.8.